The van der Waals surface area contributed by atoms with E-state index in [0.717, 1.165) is 30.0 Å². The number of alkyl halides is 3. The number of thiazole rings is 1. The Morgan fingerprint density at radius 2 is 2.20 bits per heavy atom. The molecule has 1 fully saturated rings. The molecule has 0 bridgehead atoms. The number of aromatic nitrogens is 1. The zero-order chi connectivity index (χ0) is 17.2. The van der Waals surface area contributed by atoms with Crippen LogP contribution in [0.4, 0.5) is 18.3 Å². The van der Waals surface area contributed by atoms with Crippen molar-refractivity contribution in [3.8, 4) is 0 Å². The van der Waals surface area contributed by atoms with Gasteiger partial charge in [0, 0.05) is 24.0 Å². The van der Waals surface area contributed by atoms with Crippen LogP contribution in [0.2, 0.25) is 0 Å². The zero-order valence-corrected chi connectivity index (χ0v) is 14.7. The standard InChI is InChI=1S/C16H16F3N3OS.ClH/c17-16(18,19)12-3-1-2-10(6-12)7-13-9-21-15(24-13)22-14(23)11-4-5-20-8-11;/h1-3,6,9,11,20H,4-5,7-8H2,(H,21,22,23);1H. The highest BCUT2D eigenvalue weighted by Crippen LogP contribution is 2.30. The smallest absolute Gasteiger partial charge is 0.316 e. The predicted octanol–water partition coefficient (Wildman–Crippen LogP) is 3.72. The number of carbonyl (C=O) groups is 1. The fourth-order valence-corrected chi connectivity index (χ4v) is 3.44. The maximum absolute atomic E-state index is 12.7. The third-order valence-corrected chi connectivity index (χ3v) is 4.76. The summed E-state index contributed by atoms with van der Waals surface area (Å²) in [7, 11) is 0. The normalized spacial score (nSPS) is 17.2. The molecule has 0 radical (unpaired) electrons. The van der Waals surface area contributed by atoms with Crippen LogP contribution in [0.3, 0.4) is 0 Å². The monoisotopic (exact) mass is 391 g/mol. The van der Waals surface area contributed by atoms with Gasteiger partial charge in [-0.05, 0) is 24.6 Å². The Labute approximate surface area is 153 Å². The van der Waals surface area contributed by atoms with Gasteiger partial charge in [0.05, 0.1) is 11.5 Å². The van der Waals surface area contributed by atoms with Crippen LogP contribution >= 0.6 is 23.7 Å². The van der Waals surface area contributed by atoms with Gasteiger partial charge in [-0.3, -0.25) is 4.79 Å². The summed E-state index contributed by atoms with van der Waals surface area (Å²) in [6.45, 7) is 1.49. The Hall–Kier alpha value is -1.64. The van der Waals surface area contributed by atoms with Crippen molar-refractivity contribution >= 4 is 34.8 Å². The van der Waals surface area contributed by atoms with E-state index in [4.69, 9.17) is 0 Å². The summed E-state index contributed by atoms with van der Waals surface area (Å²) in [5, 5.41) is 6.38. The van der Waals surface area contributed by atoms with E-state index in [1.165, 1.54) is 17.4 Å². The summed E-state index contributed by atoms with van der Waals surface area (Å²) in [4.78, 5) is 17.0. The van der Waals surface area contributed by atoms with E-state index >= 15 is 0 Å². The summed E-state index contributed by atoms with van der Waals surface area (Å²) in [5.41, 5.74) is -0.0990. The molecular weight excluding hydrogens is 375 g/mol. The van der Waals surface area contributed by atoms with E-state index in [-0.39, 0.29) is 24.2 Å². The Morgan fingerprint density at radius 3 is 2.88 bits per heavy atom. The SMILES string of the molecule is Cl.O=C(Nc1ncc(Cc2cccc(C(F)(F)F)c2)s1)C1CCNC1. The number of hydrogen-bond donors (Lipinski definition) is 2. The quantitative estimate of drug-likeness (QED) is 0.835. The van der Waals surface area contributed by atoms with Crippen molar-refractivity contribution in [2.24, 2.45) is 5.92 Å². The van der Waals surface area contributed by atoms with Gasteiger partial charge in [-0.25, -0.2) is 4.98 Å². The molecule has 0 aliphatic carbocycles. The van der Waals surface area contributed by atoms with Crippen molar-refractivity contribution in [3.05, 3.63) is 46.5 Å². The average molecular weight is 392 g/mol. The van der Waals surface area contributed by atoms with Gasteiger partial charge in [0.15, 0.2) is 5.13 Å². The van der Waals surface area contributed by atoms with Crippen LogP contribution in [0, 0.1) is 5.92 Å². The van der Waals surface area contributed by atoms with Crippen LogP contribution in [0.5, 0.6) is 0 Å². The van der Waals surface area contributed by atoms with E-state index in [1.807, 2.05) is 0 Å². The van der Waals surface area contributed by atoms with Crippen LogP contribution in [0.1, 0.15) is 22.4 Å². The Balaban J connectivity index is 0.00000225. The fourth-order valence-electron chi connectivity index (χ4n) is 2.59. The van der Waals surface area contributed by atoms with E-state index in [0.29, 0.717) is 23.7 Å². The molecule has 4 nitrogen and oxygen atoms in total. The number of benzene rings is 1. The Kier molecular flexibility index (Phi) is 6.42. The van der Waals surface area contributed by atoms with Gasteiger partial charge >= 0.3 is 6.18 Å². The second kappa shape index (κ2) is 8.16. The maximum atomic E-state index is 12.7. The summed E-state index contributed by atoms with van der Waals surface area (Å²) in [5.74, 6) is -0.124. The van der Waals surface area contributed by atoms with Crippen LogP contribution in [-0.2, 0) is 17.4 Å². The number of amides is 1. The first-order valence-corrected chi connectivity index (χ1v) is 8.36. The van der Waals surface area contributed by atoms with Gasteiger partial charge in [-0.2, -0.15) is 13.2 Å². The Morgan fingerprint density at radius 1 is 1.40 bits per heavy atom. The zero-order valence-electron chi connectivity index (χ0n) is 13.1. The number of rotatable bonds is 4. The molecule has 1 aliphatic rings. The second-order valence-electron chi connectivity index (χ2n) is 5.69. The minimum absolute atomic E-state index is 0. The minimum atomic E-state index is -4.35. The molecule has 136 valence electrons. The van der Waals surface area contributed by atoms with E-state index in [9.17, 15) is 18.0 Å². The van der Waals surface area contributed by atoms with Crippen LogP contribution in [-0.4, -0.2) is 24.0 Å². The number of hydrogen-bond acceptors (Lipinski definition) is 4. The molecule has 3 rings (SSSR count). The summed E-state index contributed by atoms with van der Waals surface area (Å²) >= 11 is 1.28. The molecule has 1 atom stereocenters. The van der Waals surface area contributed by atoms with Gasteiger partial charge in [-0.1, -0.05) is 18.2 Å². The molecule has 1 aromatic carbocycles. The van der Waals surface area contributed by atoms with E-state index < -0.39 is 11.7 Å². The highest BCUT2D eigenvalue weighted by Gasteiger charge is 2.30. The molecule has 2 aromatic rings. The van der Waals surface area contributed by atoms with Crippen LogP contribution in [0.15, 0.2) is 30.5 Å². The summed E-state index contributed by atoms with van der Waals surface area (Å²) < 4.78 is 38.2. The molecule has 1 saturated heterocycles. The lowest BCUT2D eigenvalue weighted by molar-refractivity contribution is -0.137. The third kappa shape index (κ3) is 5.17. The molecule has 0 spiro atoms. The number of anilines is 1. The molecule has 9 heteroatoms. The Bertz CT molecular complexity index is 729. The molecule has 1 unspecified atom stereocenters. The first-order valence-electron chi connectivity index (χ1n) is 7.54. The maximum Gasteiger partial charge on any atom is 0.416 e. The molecule has 1 aromatic heterocycles. The van der Waals surface area contributed by atoms with Crippen molar-refractivity contribution in [2.45, 2.75) is 19.0 Å². The lowest BCUT2D eigenvalue weighted by Gasteiger charge is -2.08. The fraction of sp³-hybridized carbons (Fsp3) is 0.375. The number of nitrogens with one attached hydrogen (secondary N) is 2. The summed E-state index contributed by atoms with van der Waals surface area (Å²) in [6.07, 6.45) is -1.61. The molecule has 25 heavy (non-hydrogen) atoms. The highest BCUT2D eigenvalue weighted by atomic mass is 35.5. The molecular formula is C16H17ClF3N3OS. The van der Waals surface area contributed by atoms with E-state index in [1.54, 1.807) is 12.3 Å². The van der Waals surface area contributed by atoms with Gasteiger partial charge in [0.25, 0.3) is 0 Å². The second-order valence-corrected chi connectivity index (χ2v) is 6.80. The minimum Gasteiger partial charge on any atom is -0.316 e. The van der Waals surface area contributed by atoms with Crippen molar-refractivity contribution in [3.63, 3.8) is 0 Å². The average Bonchev–Trinajstić information content (AvgIpc) is 3.18. The molecule has 2 heterocycles. The van der Waals surface area contributed by atoms with Gasteiger partial charge < -0.3 is 10.6 Å². The summed E-state index contributed by atoms with van der Waals surface area (Å²) in [6, 6.07) is 5.24. The van der Waals surface area contributed by atoms with Gasteiger partial charge in [0.2, 0.25) is 5.91 Å². The number of halogens is 4. The first-order chi connectivity index (χ1) is 11.4. The lowest BCUT2D eigenvalue weighted by Crippen LogP contribution is -2.24. The van der Waals surface area contributed by atoms with Gasteiger partial charge in [0.1, 0.15) is 0 Å². The molecule has 2 N–H and O–H groups in total. The predicted molar refractivity (Wildman–Crippen MR) is 93.2 cm³/mol. The first kappa shape index (κ1) is 19.7. The number of carbonyl (C=O) groups excluding carboxylic acids is 1. The molecule has 0 saturated carbocycles. The van der Waals surface area contributed by atoms with Gasteiger partial charge in [-0.15, -0.1) is 23.7 Å². The molecule has 1 aliphatic heterocycles. The number of nitrogens with zero attached hydrogens (tertiary/aromatic N) is 1. The highest BCUT2D eigenvalue weighted by molar-refractivity contribution is 7.15. The topological polar surface area (TPSA) is 54.0 Å². The van der Waals surface area contributed by atoms with Crippen molar-refractivity contribution in [2.75, 3.05) is 18.4 Å². The molecule has 1 amide bonds. The van der Waals surface area contributed by atoms with E-state index in [2.05, 4.69) is 15.6 Å². The van der Waals surface area contributed by atoms with Crippen molar-refractivity contribution < 1.29 is 18.0 Å². The van der Waals surface area contributed by atoms with Crippen molar-refractivity contribution in [1.29, 1.82) is 0 Å². The van der Waals surface area contributed by atoms with Crippen LogP contribution in [0.25, 0.3) is 0 Å². The largest absolute Gasteiger partial charge is 0.416 e. The lowest BCUT2D eigenvalue weighted by atomic mass is 10.1. The van der Waals surface area contributed by atoms with Crippen molar-refractivity contribution in [1.82, 2.24) is 10.3 Å². The van der Waals surface area contributed by atoms with Crippen LogP contribution < -0.4 is 10.6 Å². The third-order valence-electron chi connectivity index (χ3n) is 3.85.